The highest BCUT2D eigenvalue weighted by Crippen LogP contribution is 2.26. The first-order chi connectivity index (χ1) is 8.00. The van der Waals surface area contributed by atoms with Crippen molar-refractivity contribution in [3.8, 4) is 0 Å². The third-order valence-electron chi connectivity index (χ3n) is 4.21. The molecule has 1 saturated carbocycles. The molecule has 17 heavy (non-hydrogen) atoms. The summed E-state index contributed by atoms with van der Waals surface area (Å²) in [6.07, 6.45) is 5.63. The number of nitrogens with two attached hydrogens (primary N) is 2. The first-order valence-corrected chi connectivity index (χ1v) is 6.82. The fourth-order valence-electron chi connectivity index (χ4n) is 2.40. The summed E-state index contributed by atoms with van der Waals surface area (Å²) in [5, 5.41) is 2.95. The average Bonchev–Trinajstić information content (AvgIpc) is 2.72. The van der Waals surface area contributed by atoms with Crippen LogP contribution in [0.2, 0.25) is 0 Å². The van der Waals surface area contributed by atoms with Crippen molar-refractivity contribution in [3.05, 3.63) is 0 Å². The van der Waals surface area contributed by atoms with Gasteiger partial charge in [-0.15, -0.1) is 0 Å². The summed E-state index contributed by atoms with van der Waals surface area (Å²) in [5.74, 6) is 0.467. The molecule has 1 aliphatic rings. The molecule has 1 rings (SSSR count). The fraction of sp³-hybridized carbons (Fsp3) is 0.923. The van der Waals surface area contributed by atoms with Crippen molar-refractivity contribution < 1.29 is 4.79 Å². The Hall–Kier alpha value is -0.610. The second-order valence-corrected chi connectivity index (χ2v) is 5.41. The minimum absolute atomic E-state index is 0.101. The summed E-state index contributed by atoms with van der Waals surface area (Å²) in [4.78, 5) is 11.8. The van der Waals surface area contributed by atoms with E-state index in [0.717, 1.165) is 32.1 Å². The van der Waals surface area contributed by atoms with E-state index < -0.39 is 0 Å². The van der Waals surface area contributed by atoms with Gasteiger partial charge >= 0.3 is 0 Å². The van der Waals surface area contributed by atoms with Crippen LogP contribution in [0, 0.1) is 5.92 Å². The van der Waals surface area contributed by atoms with Crippen molar-refractivity contribution in [2.45, 2.75) is 64.0 Å². The summed E-state index contributed by atoms with van der Waals surface area (Å²) in [5.41, 5.74) is 11.8. The number of hydrogen-bond acceptors (Lipinski definition) is 3. The van der Waals surface area contributed by atoms with Gasteiger partial charge in [0.05, 0.1) is 0 Å². The Morgan fingerprint density at radius 1 is 1.35 bits per heavy atom. The van der Waals surface area contributed by atoms with E-state index in [1.165, 1.54) is 0 Å². The normalized spacial score (nSPS) is 24.9. The molecule has 0 aromatic rings. The average molecular weight is 241 g/mol. The van der Waals surface area contributed by atoms with E-state index in [1.807, 2.05) is 0 Å². The van der Waals surface area contributed by atoms with Crippen LogP contribution in [-0.2, 0) is 4.79 Å². The standard InChI is InChI=1S/C13H27N3O/c1-3-13(15,4-2)9-16-12(17)8-10-6-5-7-11(10)14/h10-11H,3-9,14-15H2,1-2H3,(H,16,17)/t10-,11+/m0/s1. The van der Waals surface area contributed by atoms with Crippen LogP contribution in [0.15, 0.2) is 0 Å². The van der Waals surface area contributed by atoms with Gasteiger partial charge in [-0.3, -0.25) is 4.79 Å². The topological polar surface area (TPSA) is 81.1 Å². The minimum Gasteiger partial charge on any atom is -0.354 e. The maximum Gasteiger partial charge on any atom is 0.220 e. The minimum atomic E-state index is -0.256. The Morgan fingerprint density at radius 3 is 2.47 bits per heavy atom. The van der Waals surface area contributed by atoms with Crippen LogP contribution < -0.4 is 16.8 Å². The lowest BCUT2D eigenvalue weighted by atomic mass is 9.94. The molecule has 0 saturated heterocycles. The molecule has 0 radical (unpaired) electrons. The van der Waals surface area contributed by atoms with Crippen molar-refractivity contribution in [2.24, 2.45) is 17.4 Å². The van der Waals surface area contributed by atoms with Gasteiger partial charge in [0.2, 0.25) is 5.91 Å². The molecular formula is C13H27N3O. The van der Waals surface area contributed by atoms with Gasteiger partial charge in [0.25, 0.3) is 0 Å². The van der Waals surface area contributed by atoms with Gasteiger partial charge in [0.15, 0.2) is 0 Å². The fourth-order valence-corrected chi connectivity index (χ4v) is 2.40. The summed E-state index contributed by atoms with van der Waals surface area (Å²) in [6, 6.07) is 0.209. The highest BCUT2D eigenvalue weighted by molar-refractivity contribution is 5.76. The Balaban J connectivity index is 2.30. The zero-order valence-corrected chi connectivity index (χ0v) is 11.2. The van der Waals surface area contributed by atoms with Crippen LogP contribution in [0.25, 0.3) is 0 Å². The van der Waals surface area contributed by atoms with Crippen molar-refractivity contribution in [1.29, 1.82) is 0 Å². The Kier molecular flexibility index (Phi) is 5.40. The van der Waals surface area contributed by atoms with Gasteiger partial charge in [0, 0.05) is 24.5 Å². The molecule has 1 amide bonds. The van der Waals surface area contributed by atoms with Crippen molar-refractivity contribution in [1.82, 2.24) is 5.32 Å². The van der Waals surface area contributed by atoms with Gasteiger partial charge in [-0.1, -0.05) is 20.3 Å². The third kappa shape index (κ3) is 4.28. The van der Waals surface area contributed by atoms with E-state index in [1.54, 1.807) is 0 Å². The van der Waals surface area contributed by atoms with Gasteiger partial charge in [-0.05, 0) is 31.6 Å². The number of carbonyl (C=O) groups excluding carboxylic acids is 1. The van der Waals surface area contributed by atoms with E-state index in [9.17, 15) is 4.79 Å². The van der Waals surface area contributed by atoms with Gasteiger partial charge in [-0.2, -0.15) is 0 Å². The van der Waals surface area contributed by atoms with E-state index in [4.69, 9.17) is 11.5 Å². The number of carbonyl (C=O) groups is 1. The lowest BCUT2D eigenvalue weighted by Crippen LogP contribution is -2.49. The molecule has 2 atom stereocenters. The van der Waals surface area contributed by atoms with E-state index >= 15 is 0 Å². The third-order valence-corrected chi connectivity index (χ3v) is 4.21. The molecule has 0 aromatic heterocycles. The lowest BCUT2D eigenvalue weighted by molar-refractivity contribution is -0.122. The second kappa shape index (κ2) is 6.36. The number of rotatable bonds is 6. The monoisotopic (exact) mass is 241 g/mol. The summed E-state index contributed by atoms with van der Waals surface area (Å²) in [6.45, 7) is 4.69. The smallest absolute Gasteiger partial charge is 0.220 e. The number of nitrogens with one attached hydrogen (secondary N) is 1. The molecule has 0 bridgehead atoms. The van der Waals surface area contributed by atoms with Crippen LogP contribution in [0.5, 0.6) is 0 Å². The van der Waals surface area contributed by atoms with Crippen LogP contribution >= 0.6 is 0 Å². The zero-order chi connectivity index (χ0) is 12.9. The summed E-state index contributed by atoms with van der Waals surface area (Å²) < 4.78 is 0. The van der Waals surface area contributed by atoms with E-state index in [0.29, 0.717) is 18.9 Å². The molecule has 0 spiro atoms. The van der Waals surface area contributed by atoms with Gasteiger partial charge in [-0.25, -0.2) is 0 Å². The van der Waals surface area contributed by atoms with Crippen molar-refractivity contribution in [2.75, 3.05) is 6.54 Å². The highest BCUT2D eigenvalue weighted by Gasteiger charge is 2.27. The Morgan fingerprint density at radius 2 is 2.00 bits per heavy atom. The summed E-state index contributed by atoms with van der Waals surface area (Å²) >= 11 is 0. The SMILES string of the molecule is CCC(N)(CC)CNC(=O)C[C@@H]1CCC[C@H]1N. The van der Waals surface area contributed by atoms with Crippen LogP contribution in [-0.4, -0.2) is 24.0 Å². The van der Waals surface area contributed by atoms with Crippen LogP contribution in [0.4, 0.5) is 0 Å². The molecule has 0 unspecified atom stereocenters. The quantitative estimate of drug-likeness (QED) is 0.652. The molecule has 5 N–H and O–H groups in total. The number of amides is 1. The van der Waals surface area contributed by atoms with E-state index in [-0.39, 0.29) is 17.5 Å². The molecular weight excluding hydrogens is 214 g/mol. The second-order valence-electron chi connectivity index (χ2n) is 5.41. The maximum atomic E-state index is 11.8. The molecule has 0 aliphatic heterocycles. The Labute approximate surface area is 105 Å². The van der Waals surface area contributed by atoms with Crippen LogP contribution in [0.3, 0.4) is 0 Å². The predicted molar refractivity (Wildman–Crippen MR) is 70.4 cm³/mol. The predicted octanol–water partition coefficient (Wildman–Crippen LogP) is 1.14. The molecule has 1 fully saturated rings. The molecule has 100 valence electrons. The Bertz CT molecular complexity index is 251. The molecule has 0 aromatic carbocycles. The first kappa shape index (κ1) is 14.5. The molecule has 1 aliphatic carbocycles. The lowest BCUT2D eigenvalue weighted by Gasteiger charge is -2.27. The largest absolute Gasteiger partial charge is 0.354 e. The highest BCUT2D eigenvalue weighted by atomic mass is 16.1. The zero-order valence-electron chi connectivity index (χ0n) is 11.2. The van der Waals surface area contributed by atoms with Crippen molar-refractivity contribution >= 4 is 5.91 Å². The molecule has 4 nitrogen and oxygen atoms in total. The van der Waals surface area contributed by atoms with E-state index in [2.05, 4.69) is 19.2 Å². The van der Waals surface area contributed by atoms with Gasteiger partial charge in [0.1, 0.15) is 0 Å². The van der Waals surface area contributed by atoms with Crippen LogP contribution in [0.1, 0.15) is 52.4 Å². The number of hydrogen-bond donors (Lipinski definition) is 3. The van der Waals surface area contributed by atoms with Crippen molar-refractivity contribution in [3.63, 3.8) is 0 Å². The van der Waals surface area contributed by atoms with Gasteiger partial charge < -0.3 is 16.8 Å². The summed E-state index contributed by atoms with van der Waals surface area (Å²) in [7, 11) is 0. The first-order valence-electron chi connectivity index (χ1n) is 6.82. The molecule has 0 heterocycles. The maximum absolute atomic E-state index is 11.8. The molecule has 4 heteroatoms.